The number of hydrogen-bond acceptors (Lipinski definition) is 10. The van der Waals surface area contributed by atoms with Gasteiger partial charge < -0.3 is 38.5 Å². The SMILES string of the molecule is COc1nc(N2CCOC(CN3CCC3)C2)nc(OC)c1NC(=O)Cc1ccc(Oc2cc([Si](C)(C)C)ccc2C)o1. The first-order valence-corrected chi connectivity index (χ1v) is 17.9. The summed E-state index contributed by atoms with van der Waals surface area (Å²) in [6.45, 7) is 13.9. The van der Waals surface area contributed by atoms with Crippen molar-refractivity contribution >= 4 is 30.8 Å². The highest BCUT2D eigenvalue weighted by Gasteiger charge is 2.28. The number of rotatable bonds is 11. The van der Waals surface area contributed by atoms with Crippen LogP contribution in [0.25, 0.3) is 0 Å². The Bertz CT molecular complexity index is 1380. The highest BCUT2D eigenvalue weighted by Crippen LogP contribution is 2.34. The number of benzene rings is 1. The molecule has 2 fully saturated rings. The average Bonchev–Trinajstić information content (AvgIpc) is 3.37. The number of furan rings is 1. The average molecular weight is 596 g/mol. The Hall–Kier alpha value is -3.61. The van der Waals surface area contributed by atoms with Crippen LogP contribution >= 0.6 is 0 Å². The van der Waals surface area contributed by atoms with Crippen molar-refractivity contribution in [3.8, 4) is 23.5 Å². The standard InChI is InChI=1S/C30H41N5O6Si/c1-20-8-10-23(42(4,5)6)17-24(20)41-26-11-9-21(40-26)16-25(36)31-27-28(37-2)32-30(33-29(27)38-3)35-14-15-39-22(19-35)18-34-12-7-13-34/h8-11,17,22H,7,12-16,18-19H2,1-6H3,(H,31,36). The molecule has 0 bridgehead atoms. The fourth-order valence-corrected chi connectivity index (χ4v) is 6.10. The van der Waals surface area contributed by atoms with Crippen LogP contribution in [0, 0.1) is 6.92 Å². The Kier molecular flexibility index (Phi) is 9.04. The molecule has 1 atom stereocenters. The van der Waals surface area contributed by atoms with Crippen molar-refractivity contribution in [1.82, 2.24) is 14.9 Å². The van der Waals surface area contributed by atoms with Gasteiger partial charge in [0.2, 0.25) is 23.6 Å². The summed E-state index contributed by atoms with van der Waals surface area (Å²) in [6.07, 6.45) is 1.30. The van der Waals surface area contributed by atoms with Gasteiger partial charge in [-0.3, -0.25) is 4.79 Å². The van der Waals surface area contributed by atoms with Crippen molar-refractivity contribution in [2.75, 3.05) is 63.8 Å². The molecule has 1 aromatic carbocycles. The van der Waals surface area contributed by atoms with Crippen molar-refractivity contribution < 1.29 is 28.2 Å². The normalized spacial score (nSPS) is 17.5. The minimum Gasteiger partial charge on any atom is -0.479 e. The summed E-state index contributed by atoms with van der Waals surface area (Å²) in [7, 11) is 1.50. The zero-order valence-electron chi connectivity index (χ0n) is 25.4. The first-order chi connectivity index (χ1) is 20.1. The summed E-state index contributed by atoms with van der Waals surface area (Å²) in [5, 5.41) is 4.14. The van der Waals surface area contributed by atoms with E-state index >= 15 is 0 Å². The molecule has 0 spiro atoms. The third-order valence-corrected chi connectivity index (χ3v) is 9.59. The Labute approximate surface area is 248 Å². The van der Waals surface area contributed by atoms with Crippen LogP contribution in [-0.2, 0) is 16.0 Å². The molecule has 2 aliphatic rings. The quantitative estimate of drug-likeness (QED) is 0.329. The van der Waals surface area contributed by atoms with E-state index in [1.165, 1.54) is 25.8 Å². The molecule has 1 amide bonds. The summed E-state index contributed by atoms with van der Waals surface area (Å²) >= 11 is 0. The molecular formula is C30H41N5O6Si. The second-order valence-corrected chi connectivity index (χ2v) is 16.9. The number of carbonyl (C=O) groups is 1. The van der Waals surface area contributed by atoms with Gasteiger partial charge in [-0.25, -0.2) is 0 Å². The Morgan fingerprint density at radius 3 is 2.45 bits per heavy atom. The molecule has 2 aromatic heterocycles. The summed E-state index contributed by atoms with van der Waals surface area (Å²) < 4.78 is 29.0. The van der Waals surface area contributed by atoms with Crippen molar-refractivity contribution in [3.63, 3.8) is 0 Å². The van der Waals surface area contributed by atoms with E-state index in [4.69, 9.17) is 23.4 Å². The van der Waals surface area contributed by atoms with Crippen LogP contribution in [0.2, 0.25) is 19.6 Å². The van der Waals surface area contributed by atoms with Crippen molar-refractivity contribution in [1.29, 1.82) is 0 Å². The van der Waals surface area contributed by atoms with Gasteiger partial charge in [0.15, 0.2) is 5.69 Å². The number of methoxy groups -OCH3 is 2. The minimum atomic E-state index is -1.50. The van der Waals surface area contributed by atoms with Crippen LogP contribution in [0.5, 0.6) is 23.5 Å². The molecule has 12 heteroatoms. The van der Waals surface area contributed by atoms with Gasteiger partial charge in [0, 0.05) is 25.7 Å². The number of anilines is 2. The van der Waals surface area contributed by atoms with E-state index in [9.17, 15) is 4.79 Å². The van der Waals surface area contributed by atoms with Crippen molar-refractivity contribution in [2.45, 2.75) is 45.5 Å². The smallest absolute Gasteiger partial charge is 0.290 e. The van der Waals surface area contributed by atoms with Gasteiger partial charge in [-0.2, -0.15) is 9.97 Å². The minimum absolute atomic E-state index is 0.0208. The Balaban J connectivity index is 1.25. The zero-order valence-corrected chi connectivity index (χ0v) is 26.4. The summed E-state index contributed by atoms with van der Waals surface area (Å²) in [5.74, 6) is 2.11. The first kappa shape index (κ1) is 29.9. The lowest BCUT2D eigenvalue weighted by Gasteiger charge is -2.38. The number of ether oxygens (including phenoxy) is 4. The van der Waals surface area contributed by atoms with Gasteiger partial charge in [-0.1, -0.05) is 37.0 Å². The summed E-state index contributed by atoms with van der Waals surface area (Å²) in [5.41, 5.74) is 1.28. The van der Waals surface area contributed by atoms with Crippen LogP contribution < -0.4 is 29.6 Å². The number of likely N-dealkylation sites (tertiary alicyclic amines) is 1. The van der Waals surface area contributed by atoms with E-state index in [2.05, 4.69) is 62.9 Å². The van der Waals surface area contributed by atoms with E-state index in [1.807, 2.05) is 6.92 Å². The van der Waals surface area contributed by atoms with E-state index in [0.29, 0.717) is 37.4 Å². The Morgan fingerprint density at radius 2 is 1.81 bits per heavy atom. The molecule has 1 N–H and O–H groups in total. The molecule has 3 aromatic rings. The molecular weight excluding hydrogens is 554 g/mol. The largest absolute Gasteiger partial charge is 0.479 e. The van der Waals surface area contributed by atoms with Crippen LogP contribution in [0.3, 0.4) is 0 Å². The third kappa shape index (κ3) is 7.05. The fourth-order valence-electron chi connectivity index (χ4n) is 4.95. The van der Waals surface area contributed by atoms with Crippen LogP contribution in [0.15, 0.2) is 34.7 Å². The molecule has 2 saturated heterocycles. The molecule has 11 nitrogen and oxygen atoms in total. The maximum absolute atomic E-state index is 13.1. The maximum atomic E-state index is 13.1. The predicted octanol–water partition coefficient (Wildman–Crippen LogP) is 3.82. The summed E-state index contributed by atoms with van der Waals surface area (Å²) in [6, 6.07) is 9.77. The number of aromatic nitrogens is 2. The highest BCUT2D eigenvalue weighted by atomic mass is 28.3. The number of amides is 1. The second kappa shape index (κ2) is 12.7. The Morgan fingerprint density at radius 1 is 1.07 bits per heavy atom. The number of nitrogens with one attached hydrogen (secondary N) is 1. The molecule has 0 aliphatic carbocycles. The zero-order chi connectivity index (χ0) is 29.9. The van der Waals surface area contributed by atoms with E-state index in [-0.39, 0.29) is 35.9 Å². The van der Waals surface area contributed by atoms with E-state index < -0.39 is 8.07 Å². The summed E-state index contributed by atoms with van der Waals surface area (Å²) in [4.78, 5) is 26.7. The van der Waals surface area contributed by atoms with E-state index in [0.717, 1.165) is 30.9 Å². The fraction of sp³-hybridized carbons (Fsp3) is 0.500. The van der Waals surface area contributed by atoms with Gasteiger partial charge in [-0.15, -0.1) is 0 Å². The highest BCUT2D eigenvalue weighted by molar-refractivity contribution is 6.88. The van der Waals surface area contributed by atoms with Crippen LogP contribution in [-0.4, -0.2) is 88.5 Å². The topological polar surface area (TPSA) is 111 Å². The molecule has 226 valence electrons. The molecule has 42 heavy (non-hydrogen) atoms. The molecule has 1 unspecified atom stereocenters. The number of morpholine rings is 1. The lowest BCUT2D eigenvalue weighted by atomic mass is 10.2. The molecule has 2 aliphatic heterocycles. The maximum Gasteiger partial charge on any atom is 0.290 e. The number of carbonyl (C=O) groups excluding carboxylic acids is 1. The lowest BCUT2D eigenvalue weighted by molar-refractivity contribution is -0.115. The molecule has 5 rings (SSSR count). The molecule has 0 saturated carbocycles. The number of aryl methyl sites for hydroxylation is 1. The predicted molar refractivity (Wildman–Crippen MR) is 163 cm³/mol. The first-order valence-electron chi connectivity index (χ1n) is 14.4. The molecule has 0 radical (unpaired) electrons. The molecule has 4 heterocycles. The van der Waals surface area contributed by atoms with Gasteiger partial charge in [0.05, 0.1) is 41.4 Å². The van der Waals surface area contributed by atoms with Crippen molar-refractivity contribution in [2.24, 2.45) is 0 Å². The van der Waals surface area contributed by atoms with Gasteiger partial charge in [0.1, 0.15) is 11.5 Å². The lowest BCUT2D eigenvalue weighted by Crippen LogP contribution is -2.51. The number of nitrogens with zero attached hydrogens (tertiary/aromatic N) is 4. The van der Waals surface area contributed by atoms with Gasteiger partial charge in [-0.05, 0) is 44.1 Å². The number of hydrogen-bond donors (Lipinski definition) is 1. The van der Waals surface area contributed by atoms with Crippen LogP contribution in [0.4, 0.5) is 11.6 Å². The monoisotopic (exact) mass is 595 g/mol. The van der Waals surface area contributed by atoms with Crippen molar-refractivity contribution in [3.05, 3.63) is 41.7 Å². The van der Waals surface area contributed by atoms with Gasteiger partial charge in [0.25, 0.3) is 5.95 Å². The third-order valence-electron chi connectivity index (χ3n) is 7.55. The van der Waals surface area contributed by atoms with Gasteiger partial charge >= 0.3 is 0 Å². The van der Waals surface area contributed by atoms with Crippen LogP contribution in [0.1, 0.15) is 17.7 Å². The van der Waals surface area contributed by atoms with E-state index in [1.54, 1.807) is 12.1 Å². The second-order valence-electron chi connectivity index (χ2n) is 11.8.